The van der Waals surface area contributed by atoms with Crippen LogP contribution in [0.4, 0.5) is 0 Å². The number of rotatable bonds is 6. The van der Waals surface area contributed by atoms with Crippen molar-refractivity contribution in [3.8, 4) is 0 Å². The van der Waals surface area contributed by atoms with Gasteiger partial charge in [0, 0.05) is 16.8 Å². The van der Waals surface area contributed by atoms with Crippen LogP contribution < -0.4 is 5.73 Å². The van der Waals surface area contributed by atoms with Gasteiger partial charge in [-0.05, 0) is 32.9 Å². The van der Waals surface area contributed by atoms with Crippen LogP contribution in [0.1, 0.15) is 61.2 Å². The predicted molar refractivity (Wildman–Crippen MR) is 73.3 cm³/mol. The topological polar surface area (TPSA) is 42.2 Å². The maximum Gasteiger partial charge on any atom is 0.107 e. The molecule has 2 N–H and O–H groups in total. The van der Waals surface area contributed by atoms with Crippen molar-refractivity contribution in [2.45, 2.75) is 52.1 Å². The van der Waals surface area contributed by atoms with Gasteiger partial charge in [0.15, 0.2) is 0 Å². The Hall–Kier alpha value is -0.450. The van der Waals surface area contributed by atoms with Gasteiger partial charge in [0.1, 0.15) is 5.01 Å². The number of hydrogen-bond donors (Lipinski definition) is 1. The summed E-state index contributed by atoms with van der Waals surface area (Å²) in [6.07, 6.45) is 2.60. The van der Waals surface area contributed by atoms with Gasteiger partial charge in [0.05, 0.1) is 12.2 Å². The summed E-state index contributed by atoms with van der Waals surface area (Å²) in [4.78, 5) is 8.54. The molecular weight excluding hydrogens is 230 g/mol. The van der Waals surface area contributed by atoms with E-state index in [2.05, 4.69) is 25.7 Å². The minimum Gasteiger partial charge on any atom is -0.323 e. The molecule has 0 aromatic carbocycles. The lowest BCUT2D eigenvalue weighted by molar-refractivity contribution is 0.295. The van der Waals surface area contributed by atoms with Crippen LogP contribution in [0.5, 0.6) is 0 Å². The minimum absolute atomic E-state index is 0.133. The van der Waals surface area contributed by atoms with Gasteiger partial charge in [0.2, 0.25) is 0 Å². The van der Waals surface area contributed by atoms with Gasteiger partial charge >= 0.3 is 0 Å². The number of nitrogens with two attached hydrogens (primary N) is 1. The van der Waals surface area contributed by atoms with E-state index < -0.39 is 0 Å². The van der Waals surface area contributed by atoms with E-state index in [0.29, 0.717) is 5.92 Å². The van der Waals surface area contributed by atoms with Crippen LogP contribution >= 0.6 is 11.3 Å². The van der Waals surface area contributed by atoms with E-state index >= 15 is 0 Å². The minimum atomic E-state index is 0.133. The van der Waals surface area contributed by atoms with Crippen molar-refractivity contribution in [1.82, 2.24) is 9.88 Å². The van der Waals surface area contributed by atoms with Crippen molar-refractivity contribution < 1.29 is 0 Å². The third-order valence-corrected chi connectivity index (χ3v) is 4.61. The van der Waals surface area contributed by atoms with Crippen LogP contribution in [0.3, 0.4) is 0 Å². The van der Waals surface area contributed by atoms with Crippen LogP contribution in [-0.4, -0.2) is 23.0 Å². The van der Waals surface area contributed by atoms with E-state index in [0.717, 1.165) is 19.6 Å². The smallest absolute Gasteiger partial charge is 0.107 e. The highest BCUT2D eigenvalue weighted by molar-refractivity contribution is 7.11. The molecule has 4 heteroatoms. The lowest BCUT2D eigenvalue weighted by atomic mass is 10.2. The summed E-state index contributed by atoms with van der Waals surface area (Å²) in [6, 6.07) is 0.133. The first-order chi connectivity index (χ1) is 8.15. The number of aromatic nitrogens is 1. The standard InChI is InChI=1S/C13H23N3S/c1-4-16(5-2)8-11-15-12(10-6-7-10)13(17-11)9(3)14/h9-10H,4-8,14H2,1-3H3. The normalized spacial score (nSPS) is 17.7. The fraction of sp³-hybridized carbons (Fsp3) is 0.769. The lowest BCUT2D eigenvalue weighted by Gasteiger charge is -2.15. The molecule has 0 saturated heterocycles. The maximum absolute atomic E-state index is 6.05. The highest BCUT2D eigenvalue weighted by atomic mass is 32.1. The Morgan fingerprint density at radius 1 is 1.41 bits per heavy atom. The Kier molecular flexibility index (Phi) is 4.17. The largest absolute Gasteiger partial charge is 0.323 e. The molecule has 1 aromatic rings. The summed E-state index contributed by atoms with van der Waals surface area (Å²) in [6.45, 7) is 9.62. The van der Waals surface area contributed by atoms with Gasteiger partial charge in [0.25, 0.3) is 0 Å². The van der Waals surface area contributed by atoms with Gasteiger partial charge in [-0.25, -0.2) is 4.98 Å². The molecule has 0 spiro atoms. The third-order valence-electron chi connectivity index (χ3n) is 3.36. The fourth-order valence-electron chi connectivity index (χ4n) is 2.07. The Morgan fingerprint density at radius 2 is 2.06 bits per heavy atom. The monoisotopic (exact) mass is 253 g/mol. The van der Waals surface area contributed by atoms with Gasteiger partial charge in [-0.1, -0.05) is 13.8 Å². The number of hydrogen-bond acceptors (Lipinski definition) is 4. The first-order valence-corrected chi connectivity index (χ1v) is 7.44. The molecule has 1 aromatic heterocycles. The fourth-order valence-corrected chi connectivity index (χ4v) is 3.22. The van der Waals surface area contributed by atoms with E-state index in [1.165, 1.54) is 28.4 Å². The highest BCUT2D eigenvalue weighted by Gasteiger charge is 2.30. The number of thiazole rings is 1. The molecule has 96 valence electrons. The second-order valence-electron chi connectivity index (χ2n) is 4.88. The van der Waals surface area contributed by atoms with E-state index in [1.807, 2.05) is 11.3 Å². The van der Waals surface area contributed by atoms with E-state index in [4.69, 9.17) is 10.7 Å². The quantitative estimate of drug-likeness (QED) is 0.847. The van der Waals surface area contributed by atoms with E-state index in [1.54, 1.807) is 0 Å². The zero-order chi connectivity index (χ0) is 12.4. The molecule has 0 radical (unpaired) electrons. The van der Waals surface area contributed by atoms with Crippen molar-refractivity contribution in [2.24, 2.45) is 5.73 Å². The van der Waals surface area contributed by atoms with Crippen molar-refractivity contribution in [3.63, 3.8) is 0 Å². The molecular formula is C13H23N3S. The second kappa shape index (κ2) is 5.46. The average Bonchev–Trinajstić information content (AvgIpc) is 3.07. The highest BCUT2D eigenvalue weighted by Crippen LogP contribution is 2.44. The second-order valence-corrected chi connectivity index (χ2v) is 6.00. The molecule has 0 amide bonds. The van der Waals surface area contributed by atoms with Crippen molar-refractivity contribution in [2.75, 3.05) is 13.1 Å². The zero-order valence-electron chi connectivity index (χ0n) is 11.1. The van der Waals surface area contributed by atoms with Gasteiger partial charge in [-0.2, -0.15) is 0 Å². The molecule has 3 nitrogen and oxygen atoms in total. The molecule has 2 rings (SSSR count). The van der Waals surface area contributed by atoms with Crippen LogP contribution in [0, 0.1) is 0 Å². The van der Waals surface area contributed by atoms with Gasteiger partial charge in [-0.15, -0.1) is 11.3 Å². The van der Waals surface area contributed by atoms with Crippen molar-refractivity contribution in [3.05, 3.63) is 15.6 Å². The average molecular weight is 253 g/mol. The van der Waals surface area contributed by atoms with Gasteiger partial charge in [-0.3, -0.25) is 4.90 Å². The Labute approximate surface area is 108 Å². The molecule has 1 heterocycles. The SMILES string of the molecule is CCN(CC)Cc1nc(C2CC2)c(C(C)N)s1. The molecule has 1 aliphatic rings. The van der Waals surface area contributed by atoms with Crippen molar-refractivity contribution >= 4 is 11.3 Å². The molecule has 1 fully saturated rings. The maximum atomic E-state index is 6.05. The Bertz CT molecular complexity index is 345. The van der Waals surface area contributed by atoms with Crippen LogP contribution in [0.25, 0.3) is 0 Å². The van der Waals surface area contributed by atoms with Crippen molar-refractivity contribution in [1.29, 1.82) is 0 Å². The molecule has 0 bridgehead atoms. The van der Waals surface area contributed by atoms with Crippen LogP contribution in [-0.2, 0) is 6.54 Å². The molecule has 1 unspecified atom stereocenters. The summed E-state index contributed by atoms with van der Waals surface area (Å²) >= 11 is 1.82. The third kappa shape index (κ3) is 3.06. The number of nitrogens with zero attached hydrogens (tertiary/aromatic N) is 2. The predicted octanol–water partition coefficient (Wildman–Crippen LogP) is 2.88. The molecule has 1 atom stereocenters. The summed E-state index contributed by atoms with van der Waals surface area (Å²) in [5, 5.41) is 1.24. The summed E-state index contributed by atoms with van der Waals surface area (Å²) in [7, 11) is 0. The summed E-state index contributed by atoms with van der Waals surface area (Å²) in [5.41, 5.74) is 7.34. The van der Waals surface area contributed by atoms with E-state index in [-0.39, 0.29) is 6.04 Å². The molecule has 0 aliphatic heterocycles. The first kappa shape index (κ1) is 13.0. The van der Waals surface area contributed by atoms with Gasteiger partial charge < -0.3 is 5.73 Å². The summed E-state index contributed by atoms with van der Waals surface area (Å²) in [5.74, 6) is 0.706. The summed E-state index contributed by atoms with van der Waals surface area (Å²) < 4.78 is 0. The lowest BCUT2D eigenvalue weighted by Crippen LogP contribution is -2.21. The zero-order valence-corrected chi connectivity index (χ0v) is 11.9. The molecule has 17 heavy (non-hydrogen) atoms. The Morgan fingerprint density at radius 3 is 2.53 bits per heavy atom. The van der Waals surface area contributed by atoms with Crippen LogP contribution in [0.2, 0.25) is 0 Å². The van der Waals surface area contributed by atoms with E-state index in [9.17, 15) is 0 Å². The first-order valence-electron chi connectivity index (χ1n) is 6.63. The molecule has 1 saturated carbocycles. The Balaban J connectivity index is 2.15. The van der Waals surface area contributed by atoms with Crippen LogP contribution in [0.15, 0.2) is 0 Å². The molecule has 1 aliphatic carbocycles.